The number of hydrogen-bond donors (Lipinski definition) is 0. The second kappa shape index (κ2) is 6.01. The summed E-state index contributed by atoms with van der Waals surface area (Å²) >= 11 is 1.74. The van der Waals surface area contributed by atoms with E-state index in [1.165, 1.54) is 10.5 Å². The Balaban J connectivity index is 1.98. The van der Waals surface area contributed by atoms with E-state index in [0.29, 0.717) is 5.58 Å². The standard InChI is InChI=1S/C19H18O2S/c1-12-4-7-16(8-5-12)22-11-15-10-18(20)21-19-14(3)13(2)6-9-17(15)19/h4-10H,11H2,1-3H3. The van der Waals surface area contributed by atoms with E-state index < -0.39 is 0 Å². The summed E-state index contributed by atoms with van der Waals surface area (Å²) in [6, 6.07) is 14.2. The van der Waals surface area contributed by atoms with Crippen molar-refractivity contribution in [2.24, 2.45) is 0 Å². The molecule has 1 aromatic heterocycles. The molecule has 0 atom stereocenters. The van der Waals surface area contributed by atoms with E-state index in [1.807, 2.05) is 19.9 Å². The van der Waals surface area contributed by atoms with Gasteiger partial charge in [-0.1, -0.05) is 29.8 Å². The third-order valence-corrected chi connectivity index (χ3v) is 4.99. The molecule has 3 rings (SSSR count). The van der Waals surface area contributed by atoms with Crippen LogP contribution < -0.4 is 5.63 Å². The number of benzene rings is 2. The summed E-state index contributed by atoms with van der Waals surface area (Å²) in [6.45, 7) is 6.11. The molecule has 0 aliphatic rings. The van der Waals surface area contributed by atoms with Crippen LogP contribution in [0.3, 0.4) is 0 Å². The lowest BCUT2D eigenvalue weighted by atomic mass is 10.0. The molecule has 0 spiro atoms. The molecule has 0 unspecified atom stereocenters. The summed E-state index contributed by atoms with van der Waals surface area (Å²) in [6.07, 6.45) is 0. The van der Waals surface area contributed by atoms with E-state index in [0.717, 1.165) is 27.8 Å². The molecule has 0 aliphatic carbocycles. The van der Waals surface area contributed by atoms with Crippen molar-refractivity contribution in [2.45, 2.75) is 31.4 Å². The van der Waals surface area contributed by atoms with Crippen LogP contribution in [-0.4, -0.2) is 0 Å². The van der Waals surface area contributed by atoms with E-state index in [1.54, 1.807) is 17.8 Å². The van der Waals surface area contributed by atoms with Crippen LogP contribution in [0.25, 0.3) is 11.0 Å². The fourth-order valence-electron chi connectivity index (χ4n) is 2.44. The predicted molar refractivity (Wildman–Crippen MR) is 92.7 cm³/mol. The normalized spacial score (nSPS) is 11.0. The van der Waals surface area contributed by atoms with Gasteiger partial charge in [0, 0.05) is 22.1 Å². The van der Waals surface area contributed by atoms with Crippen LogP contribution in [-0.2, 0) is 5.75 Å². The maximum atomic E-state index is 11.8. The van der Waals surface area contributed by atoms with Crippen LogP contribution >= 0.6 is 11.8 Å². The Morgan fingerprint density at radius 2 is 1.73 bits per heavy atom. The van der Waals surface area contributed by atoms with Crippen LogP contribution in [0.5, 0.6) is 0 Å². The van der Waals surface area contributed by atoms with Gasteiger partial charge < -0.3 is 4.42 Å². The van der Waals surface area contributed by atoms with Gasteiger partial charge in [-0.15, -0.1) is 11.8 Å². The van der Waals surface area contributed by atoms with Crippen molar-refractivity contribution >= 4 is 22.7 Å². The largest absolute Gasteiger partial charge is 0.422 e. The minimum absolute atomic E-state index is 0.277. The maximum absolute atomic E-state index is 11.8. The van der Waals surface area contributed by atoms with Crippen molar-refractivity contribution in [3.63, 3.8) is 0 Å². The third-order valence-electron chi connectivity index (χ3n) is 3.93. The second-order valence-corrected chi connectivity index (χ2v) is 6.63. The second-order valence-electron chi connectivity index (χ2n) is 5.58. The first kappa shape index (κ1) is 14.9. The summed E-state index contributed by atoms with van der Waals surface area (Å²) in [5, 5.41) is 1.03. The number of aryl methyl sites for hydroxylation is 3. The van der Waals surface area contributed by atoms with Crippen molar-refractivity contribution in [3.8, 4) is 0 Å². The number of hydrogen-bond acceptors (Lipinski definition) is 3. The fraction of sp³-hybridized carbons (Fsp3) is 0.211. The van der Waals surface area contributed by atoms with Gasteiger partial charge in [-0.25, -0.2) is 4.79 Å². The zero-order valence-electron chi connectivity index (χ0n) is 13.0. The molecule has 3 aromatic rings. The molecule has 3 heteroatoms. The van der Waals surface area contributed by atoms with Crippen molar-refractivity contribution in [1.82, 2.24) is 0 Å². The smallest absolute Gasteiger partial charge is 0.336 e. The van der Waals surface area contributed by atoms with Gasteiger partial charge in [0.15, 0.2) is 0 Å². The van der Waals surface area contributed by atoms with Crippen molar-refractivity contribution in [2.75, 3.05) is 0 Å². The average molecular weight is 310 g/mol. The minimum Gasteiger partial charge on any atom is -0.422 e. The van der Waals surface area contributed by atoms with Gasteiger partial charge in [0.25, 0.3) is 0 Å². The van der Waals surface area contributed by atoms with Gasteiger partial charge in [-0.3, -0.25) is 0 Å². The molecule has 0 N–H and O–H groups in total. The third kappa shape index (κ3) is 2.95. The molecule has 0 bridgehead atoms. The van der Waals surface area contributed by atoms with Crippen LogP contribution in [0.1, 0.15) is 22.3 Å². The zero-order chi connectivity index (χ0) is 15.7. The number of thioether (sulfide) groups is 1. The highest BCUT2D eigenvalue weighted by molar-refractivity contribution is 7.98. The van der Waals surface area contributed by atoms with Gasteiger partial charge in [0.2, 0.25) is 0 Å². The highest BCUT2D eigenvalue weighted by atomic mass is 32.2. The molecule has 0 saturated heterocycles. The van der Waals surface area contributed by atoms with Crippen LogP contribution in [0.2, 0.25) is 0 Å². The van der Waals surface area contributed by atoms with E-state index in [4.69, 9.17) is 4.42 Å². The minimum atomic E-state index is -0.277. The highest BCUT2D eigenvalue weighted by Crippen LogP contribution is 2.28. The van der Waals surface area contributed by atoms with E-state index in [-0.39, 0.29) is 5.63 Å². The lowest BCUT2D eigenvalue weighted by Crippen LogP contribution is -2.01. The summed E-state index contributed by atoms with van der Waals surface area (Å²) in [5.41, 5.74) is 4.89. The van der Waals surface area contributed by atoms with Gasteiger partial charge in [0.05, 0.1) is 0 Å². The van der Waals surface area contributed by atoms with Gasteiger partial charge >= 0.3 is 5.63 Å². The molecule has 112 valence electrons. The molecule has 2 aromatic carbocycles. The monoisotopic (exact) mass is 310 g/mol. The molecule has 2 nitrogen and oxygen atoms in total. The van der Waals surface area contributed by atoms with E-state index >= 15 is 0 Å². The fourth-order valence-corrected chi connectivity index (χ4v) is 3.33. The van der Waals surface area contributed by atoms with Crippen molar-refractivity contribution in [3.05, 3.63) is 75.1 Å². The van der Waals surface area contributed by atoms with Crippen LogP contribution in [0.4, 0.5) is 0 Å². The Labute approximate surface area is 134 Å². The summed E-state index contributed by atoms with van der Waals surface area (Å²) in [4.78, 5) is 13.1. The lowest BCUT2D eigenvalue weighted by molar-refractivity contribution is 0.557. The van der Waals surface area contributed by atoms with Crippen LogP contribution in [0, 0.1) is 20.8 Å². The van der Waals surface area contributed by atoms with Crippen molar-refractivity contribution < 1.29 is 4.42 Å². The summed E-state index contributed by atoms with van der Waals surface area (Å²) < 4.78 is 5.42. The predicted octanol–water partition coefficient (Wildman–Crippen LogP) is 5.01. The average Bonchev–Trinajstić information content (AvgIpc) is 2.50. The maximum Gasteiger partial charge on any atom is 0.336 e. The van der Waals surface area contributed by atoms with E-state index in [2.05, 4.69) is 37.3 Å². The molecular formula is C19H18O2S. The quantitative estimate of drug-likeness (QED) is 0.503. The molecule has 0 saturated carbocycles. The molecule has 1 heterocycles. The first-order valence-corrected chi connectivity index (χ1v) is 8.25. The molecule has 0 fully saturated rings. The SMILES string of the molecule is Cc1ccc(SCc2cc(=O)oc3c(C)c(C)ccc23)cc1. The zero-order valence-corrected chi connectivity index (χ0v) is 13.8. The summed E-state index contributed by atoms with van der Waals surface area (Å²) in [7, 11) is 0. The van der Waals surface area contributed by atoms with Crippen molar-refractivity contribution in [1.29, 1.82) is 0 Å². The number of fused-ring (bicyclic) bond motifs is 1. The number of rotatable bonds is 3. The molecule has 22 heavy (non-hydrogen) atoms. The molecular weight excluding hydrogens is 292 g/mol. The Kier molecular flexibility index (Phi) is 4.08. The Bertz CT molecular complexity index is 876. The van der Waals surface area contributed by atoms with E-state index in [9.17, 15) is 4.79 Å². The Morgan fingerprint density at radius 3 is 2.45 bits per heavy atom. The lowest BCUT2D eigenvalue weighted by Gasteiger charge is -2.09. The Hall–Kier alpha value is -2.00. The molecule has 0 amide bonds. The highest BCUT2D eigenvalue weighted by Gasteiger charge is 2.09. The Morgan fingerprint density at radius 1 is 1.00 bits per heavy atom. The van der Waals surface area contributed by atoms with Gasteiger partial charge in [0.1, 0.15) is 5.58 Å². The topological polar surface area (TPSA) is 30.2 Å². The first-order valence-electron chi connectivity index (χ1n) is 7.27. The van der Waals surface area contributed by atoms with Gasteiger partial charge in [-0.05, 0) is 49.6 Å². The summed E-state index contributed by atoms with van der Waals surface area (Å²) in [5.74, 6) is 0.758. The first-order chi connectivity index (χ1) is 10.5. The van der Waals surface area contributed by atoms with Crippen LogP contribution in [0.15, 0.2) is 56.6 Å². The van der Waals surface area contributed by atoms with Gasteiger partial charge in [-0.2, -0.15) is 0 Å². The molecule has 0 radical (unpaired) electrons. The molecule has 0 aliphatic heterocycles.